The highest BCUT2D eigenvalue weighted by Crippen LogP contribution is 2.18. The van der Waals surface area contributed by atoms with Gasteiger partial charge >= 0.3 is 0 Å². The van der Waals surface area contributed by atoms with Gasteiger partial charge in [-0.25, -0.2) is 4.39 Å². The van der Waals surface area contributed by atoms with Crippen molar-refractivity contribution in [2.75, 3.05) is 13.2 Å². The third kappa shape index (κ3) is 4.62. The fourth-order valence-corrected chi connectivity index (χ4v) is 1.27. The van der Waals surface area contributed by atoms with Crippen LogP contribution >= 0.6 is 0 Å². The number of rotatable bonds is 4. The van der Waals surface area contributed by atoms with Gasteiger partial charge in [0.05, 0.1) is 12.2 Å². The van der Waals surface area contributed by atoms with Crippen molar-refractivity contribution >= 4 is 0 Å². The van der Waals surface area contributed by atoms with E-state index in [9.17, 15) is 4.39 Å². The molecule has 90 valence electrons. The van der Waals surface area contributed by atoms with Gasteiger partial charge in [0.25, 0.3) is 0 Å². The number of halogens is 1. The molecule has 1 rings (SSSR count). The molecule has 0 saturated carbocycles. The summed E-state index contributed by atoms with van der Waals surface area (Å²) in [5, 5.41) is 0. The lowest BCUT2D eigenvalue weighted by molar-refractivity contribution is -0.0163. The third-order valence-electron chi connectivity index (χ3n) is 2.01. The van der Waals surface area contributed by atoms with Crippen molar-refractivity contribution in [1.82, 2.24) is 0 Å². The zero-order valence-electron chi connectivity index (χ0n) is 10.3. The molecule has 0 aliphatic carbocycles. The maximum absolute atomic E-state index is 12.8. The number of benzene rings is 1. The van der Waals surface area contributed by atoms with Crippen molar-refractivity contribution in [3.05, 3.63) is 29.6 Å². The Hall–Kier alpha value is -1.09. The molecule has 1 aromatic carbocycles. The van der Waals surface area contributed by atoms with Gasteiger partial charge in [-0.05, 0) is 51.5 Å². The molecule has 0 fully saturated rings. The maximum Gasteiger partial charge on any atom is 0.123 e. The van der Waals surface area contributed by atoms with Crippen molar-refractivity contribution < 1.29 is 13.9 Å². The first-order valence-electron chi connectivity index (χ1n) is 5.41. The van der Waals surface area contributed by atoms with E-state index in [1.807, 2.05) is 27.7 Å². The first-order valence-corrected chi connectivity index (χ1v) is 5.41. The molecular weight excluding hydrogens is 207 g/mol. The standard InChI is InChI=1S/C13H19FO2/c1-10-9-11(14)5-6-12(10)15-7-8-16-13(2,3)4/h5-6,9H,7-8H2,1-4H3. The van der Waals surface area contributed by atoms with Crippen molar-refractivity contribution in [1.29, 1.82) is 0 Å². The summed E-state index contributed by atoms with van der Waals surface area (Å²) in [5.41, 5.74) is 0.650. The zero-order chi connectivity index (χ0) is 12.2. The summed E-state index contributed by atoms with van der Waals surface area (Å²) in [6, 6.07) is 4.49. The summed E-state index contributed by atoms with van der Waals surface area (Å²) in [5.74, 6) is 0.467. The van der Waals surface area contributed by atoms with E-state index in [1.165, 1.54) is 12.1 Å². The summed E-state index contributed by atoms with van der Waals surface area (Å²) in [4.78, 5) is 0. The molecule has 0 N–H and O–H groups in total. The maximum atomic E-state index is 12.8. The Bertz CT molecular complexity index is 342. The third-order valence-corrected chi connectivity index (χ3v) is 2.01. The van der Waals surface area contributed by atoms with E-state index >= 15 is 0 Å². The van der Waals surface area contributed by atoms with Gasteiger partial charge in [-0.2, -0.15) is 0 Å². The van der Waals surface area contributed by atoms with Gasteiger partial charge in [0, 0.05) is 0 Å². The highest BCUT2D eigenvalue weighted by atomic mass is 19.1. The van der Waals surface area contributed by atoms with Crippen LogP contribution in [0.15, 0.2) is 18.2 Å². The van der Waals surface area contributed by atoms with Crippen LogP contribution in [0, 0.1) is 12.7 Å². The average molecular weight is 226 g/mol. The lowest BCUT2D eigenvalue weighted by Gasteiger charge is -2.19. The van der Waals surface area contributed by atoms with Crippen LogP contribution in [-0.4, -0.2) is 18.8 Å². The van der Waals surface area contributed by atoms with E-state index in [0.717, 1.165) is 5.56 Å². The van der Waals surface area contributed by atoms with E-state index in [0.29, 0.717) is 19.0 Å². The second-order valence-electron chi connectivity index (χ2n) is 4.72. The van der Waals surface area contributed by atoms with Gasteiger partial charge in [0.15, 0.2) is 0 Å². The smallest absolute Gasteiger partial charge is 0.123 e. The van der Waals surface area contributed by atoms with Crippen LogP contribution < -0.4 is 4.74 Å². The molecule has 2 nitrogen and oxygen atoms in total. The lowest BCUT2D eigenvalue weighted by Crippen LogP contribution is -2.22. The molecule has 0 atom stereocenters. The second-order valence-corrected chi connectivity index (χ2v) is 4.72. The summed E-state index contributed by atoms with van der Waals surface area (Å²) in [6.45, 7) is 8.81. The Kier molecular flexibility index (Phi) is 4.30. The van der Waals surface area contributed by atoms with Gasteiger partial charge < -0.3 is 9.47 Å². The Balaban J connectivity index is 2.38. The van der Waals surface area contributed by atoms with Gasteiger partial charge in [0.1, 0.15) is 18.2 Å². The Morgan fingerprint density at radius 1 is 1.19 bits per heavy atom. The molecule has 16 heavy (non-hydrogen) atoms. The first kappa shape index (κ1) is 13.0. The van der Waals surface area contributed by atoms with E-state index in [1.54, 1.807) is 6.07 Å². The van der Waals surface area contributed by atoms with Crippen LogP contribution in [0.1, 0.15) is 26.3 Å². The minimum atomic E-state index is -0.240. The molecule has 0 aliphatic heterocycles. The molecule has 0 aromatic heterocycles. The van der Waals surface area contributed by atoms with E-state index in [2.05, 4.69) is 0 Å². The van der Waals surface area contributed by atoms with Crippen molar-refractivity contribution in [2.45, 2.75) is 33.3 Å². The van der Waals surface area contributed by atoms with Crippen molar-refractivity contribution in [3.8, 4) is 5.75 Å². The first-order chi connectivity index (χ1) is 7.38. The molecule has 0 amide bonds. The van der Waals surface area contributed by atoms with Crippen molar-refractivity contribution in [2.24, 2.45) is 0 Å². The minimum absolute atomic E-state index is 0.152. The predicted octanol–water partition coefficient (Wildman–Crippen LogP) is 3.33. The SMILES string of the molecule is Cc1cc(F)ccc1OCCOC(C)(C)C. The Morgan fingerprint density at radius 2 is 1.88 bits per heavy atom. The van der Waals surface area contributed by atoms with Crippen molar-refractivity contribution in [3.63, 3.8) is 0 Å². The molecule has 0 unspecified atom stereocenters. The summed E-state index contributed by atoms with van der Waals surface area (Å²) in [7, 11) is 0. The molecule has 0 spiro atoms. The highest BCUT2D eigenvalue weighted by Gasteiger charge is 2.09. The van der Waals surface area contributed by atoms with Gasteiger partial charge in [-0.1, -0.05) is 0 Å². The molecule has 3 heteroatoms. The summed E-state index contributed by atoms with van der Waals surface area (Å²) >= 11 is 0. The fraction of sp³-hybridized carbons (Fsp3) is 0.538. The van der Waals surface area contributed by atoms with Crippen LogP contribution in [0.5, 0.6) is 5.75 Å². The largest absolute Gasteiger partial charge is 0.491 e. The Labute approximate surface area is 96.4 Å². The molecule has 0 heterocycles. The molecule has 0 aliphatic rings. The topological polar surface area (TPSA) is 18.5 Å². The van der Waals surface area contributed by atoms with Gasteiger partial charge in [0.2, 0.25) is 0 Å². The number of aryl methyl sites for hydroxylation is 1. The molecule has 0 bridgehead atoms. The minimum Gasteiger partial charge on any atom is -0.491 e. The number of ether oxygens (including phenoxy) is 2. The normalized spacial score (nSPS) is 11.6. The molecular formula is C13H19FO2. The van der Waals surface area contributed by atoms with Crippen LogP contribution in [0.2, 0.25) is 0 Å². The average Bonchev–Trinajstić information content (AvgIpc) is 2.13. The molecule has 0 radical (unpaired) electrons. The van der Waals surface area contributed by atoms with Crippen LogP contribution in [-0.2, 0) is 4.74 Å². The van der Waals surface area contributed by atoms with Gasteiger partial charge in [-0.15, -0.1) is 0 Å². The van der Waals surface area contributed by atoms with E-state index in [4.69, 9.17) is 9.47 Å². The monoisotopic (exact) mass is 226 g/mol. The number of hydrogen-bond donors (Lipinski definition) is 0. The quantitative estimate of drug-likeness (QED) is 0.733. The second kappa shape index (κ2) is 5.30. The number of hydrogen-bond acceptors (Lipinski definition) is 2. The fourth-order valence-electron chi connectivity index (χ4n) is 1.27. The van der Waals surface area contributed by atoms with E-state index < -0.39 is 0 Å². The predicted molar refractivity (Wildman–Crippen MR) is 62.3 cm³/mol. The lowest BCUT2D eigenvalue weighted by atomic mass is 10.2. The summed E-state index contributed by atoms with van der Waals surface area (Å²) < 4.78 is 23.8. The molecule has 1 aromatic rings. The van der Waals surface area contributed by atoms with Gasteiger partial charge in [-0.3, -0.25) is 0 Å². The van der Waals surface area contributed by atoms with Crippen LogP contribution in [0.3, 0.4) is 0 Å². The van der Waals surface area contributed by atoms with E-state index in [-0.39, 0.29) is 11.4 Å². The zero-order valence-corrected chi connectivity index (χ0v) is 10.3. The van der Waals surface area contributed by atoms with Crippen LogP contribution in [0.4, 0.5) is 4.39 Å². The summed E-state index contributed by atoms with van der Waals surface area (Å²) in [6.07, 6.45) is 0. The Morgan fingerprint density at radius 3 is 2.44 bits per heavy atom. The highest BCUT2D eigenvalue weighted by molar-refractivity contribution is 5.32. The van der Waals surface area contributed by atoms with Crippen LogP contribution in [0.25, 0.3) is 0 Å². The molecule has 0 saturated heterocycles.